The summed E-state index contributed by atoms with van der Waals surface area (Å²) in [7, 11) is 1.50. The van der Waals surface area contributed by atoms with E-state index < -0.39 is 47.0 Å². The Morgan fingerprint density at radius 3 is 1.18 bits per heavy atom. The minimum atomic E-state index is -4.63. The van der Waals surface area contributed by atoms with Gasteiger partial charge in [0.2, 0.25) is 0 Å². The van der Waals surface area contributed by atoms with E-state index >= 15 is 0 Å². The number of nitrogens with one attached hydrogen (secondary N) is 5. The number of methoxy groups -OCH3 is 1. The number of rotatable bonds is 21. The average molecular weight is 1680 g/mol. The zero-order chi connectivity index (χ0) is 88.5. The number of hydrogen-bond donors (Lipinski definition) is 5. The summed E-state index contributed by atoms with van der Waals surface area (Å²) >= 11 is 0. The Hall–Kier alpha value is -17.8. The largest absolute Gasteiger partial charge is 0.497 e. The van der Waals surface area contributed by atoms with E-state index in [9.17, 15) is 51.2 Å². The molecule has 8 heterocycles. The average Bonchev–Trinajstić information content (AvgIpc) is 0.846. The third kappa shape index (κ3) is 28.2. The standard InChI is InChI=1S/C20H12F3N3O2.C18H13N5O3.C18H15N3O2.2C17H13FN4O2/c1-2-13-4-3-5-14(6-13)19(27)26-16-7-15(20(21,22)23)8-17(9-16)28-18-10-24-12-25-11-18;1-25-14-2-3-22-17(7-14)18(24)23-13-4-12(8-19)5-15(6-13)26-16-9-20-11-21-10-16;1-13-4-2-5-14(8-13)18(22)21-15-6-3-7-16(9-15)23-17-10-19-12-20-11-17;2*1-11-3-2-4-16(21-11)17(23)22-13-5-12(18)6-14(7-13)24-15-8-19-10-20-9-15/h1,3-12H,(H,26,27);2-7,9-11H,1H3,(H,23,24);2-12H,1H3,(H,21,22);2*2-10H,1H3,(H,22,23). The fourth-order valence-electron chi connectivity index (χ4n) is 10.6. The van der Waals surface area contributed by atoms with E-state index in [0.717, 1.165) is 29.1 Å². The van der Waals surface area contributed by atoms with E-state index in [1.807, 2.05) is 43.3 Å². The summed E-state index contributed by atoms with van der Waals surface area (Å²) in [4.78, 5) is 112. The highest BCUT2D eigenvalue weighted by molar-refractivity contribution is 6.06. The molecule has 0 saturated carbocycles. The van der Waals surface area contributed by atoms with Gasteiger partial charge in [0.1, 0.15) is 94.8 Å². The highest BCUT2D eigenvalue weighted by atomic mass is 19.4. The minimum absolute atomic E-state index is 0.0854. The van der Waals surface area contributed by atoms with Crippen LogP contribution in [0, 0.1) is 56.1 Å². The lowest BCUT2D eigenvalue weighted by Crippen LogP contribution is -2.14. The molecule has 0 unspecified atom stereocenters. The minimum Gasteiger partial charge on any atom is -0.497 e. The first kappa shape index (κ1) is 88.1. The second kappa shape index (κ2) is 43.6. The van der Waals surface area contributed by atoms with Crippen molar-refractivity contribution < 1.29 is 74.3 Å². The van der Waals surface area contributed by atoms with Gasteiger partial charge in [-0.3, -0.25) is 29.0 Å². The number of alkyl halides is 3. The summed E-state index contributed by atoms with van der Waals surface area (Å²) in [6.07, 6.45) is 23.5. The van der Waals surface area contributed by atoms with E-state index in [-0.39, 0.29) is 68.6 Å². The number of nitrogens with zero attached hydrogens (tertiary/aromatic N) is 14. The van der Waals surface area contributed by atoms with Crippen molar-refractivity contribution >= 4 is 58.0 Å². The van der Waals surface area contributed by atoms with Crippen LogP contribution in [0.1, 0.15) is 85.8 Å². The number of carbonyl (C=O) groups is 5. The second-order valence-electron chi connectivity index (χ2n) is 25.6. The van der Waals surface area contributed by atoms with E-state index in [4.69, 9.17) is 34.8 Å². The zero-order valence-electron chi connectivity index (χ0n) is 65.9. The highest BCUT2D eigenvalue weighted by Gasteiger charge is 2.32. The predicted octanol–water partition coefficient (Wildman–Crippen LogP) is 17.9. The van der Waals surface area contributed by atoms with Crippen molar-refractivity contribution in [2.24, 2.45) is 0 Å². The summed E-state index contributed by atoms with van der Waals surface area (Å²) in [6, 6.07) is 51.5. The van der Waals surface area contributed by atoms with Crippen LogP contribution < -0.4 is 55.0 Å². The molecule has 0 aliphatic rings. The van der Waals surface area contributed by atoms with Crippen LogP contribution in [-0.2, 0) is 6.18 Å². The maximum atomic E-state index is 13.8. The molecule has 0 bridgehead atoms. The molecular formula is C90H66F5N19O11. The smallest absolute Gasteiger partial charge is 0.416 e. The van der Waals surface area contributed by atoms with Crippen LogP contribution in [0.25, 0.3) is 0 Å². The normalized spacial score (nSPS) is 10.3. The highest BCUT2D eigenvalue weighted by Crippen LogP contribution is 2.37. The Morgan fingerprint density at radius 2 is 0.744 bits per heavy atom. The van der Waals surface area contributed by atoms with Crippen molar-refractivity contribution in [3.63, 3.8) is 0 Å². The molecule has 5 N–H and O–H groups in total. The summed E-state index contributed by atoms with van der Waals surface area (Å²) < 4.78 is 99.9. The third-order valence-corrected chi connectivity index (χ3v) is 16.0. The summed E-state index contributed by atoms with van der Waals surface area (Å²) in [5.41, 5.74) is 5.30. The first-order chi connectivity index (χ1) is 60.4. The molecule has 622 valence electrons. The van der Waals surface area contributed by atoms with Crippen molar-refractivity contribution in [3.8, 4) is 81.7 Å². The number of aromatic nitrogens is 13. The Bertz CT molecular complexity index is 6210. The van der Waals surface area contributed by atoms with Crippen LogP contribution in [0.5, 0.6) is 63.2 Å². The lowest BCUT2D eigenvalue weighted by molar-refractivity contribution is -0.137. The van der Waals surface area contributed by atoms with Crippen LogP contribution in [-0.4, -0.2) is 101 Å². The molecule has 125 heavy (non-hydrogen) atoms. The number of ether oxygens (including phenoxy) is 6. The van der Waals surface area contributed by atoms with Gasteiger partial charge in [0.15, 0.2) is 28.7 Å². The number of anilines is 5. The number of pyridine rings is 3. The Kier molecular flexibility index (Phi) is 30.7. The molecule has 15 aromatic rings. The van der Waals surface area contributed by atoms with E-state index in [2.05, 4.69) is 97.3 Å². The Labute approximate surface area is 708 Å². The summed E-state index contributed by atoms with van der Waals surface area (Å²) in [6.45, 7) is 5.52. The van der Waals surface area contributed by atoms with Gasteiger partial charge in [0.25, 0.3) is 29.5 Å². The third-order valence-electron chi connectivity index (χ3n) is 16.0. The molecule has 0 fully saturated rings. The van der Waals surface area contributed by atoms with Gasteiger partial charge in [0, 0.05) is 111 Å². The molecular weight excluding hydrogens is 1620 g/mol. The maximum absolute atomic E-state index is 13.8. The lowest BCUT2D eigenvalue weighted by Gasteiger charge is -2.13. The van der Waals surface area contributed by atoms with Gasteiger partial charge in [-0.2, -0.15) is 18.4 Å². The van der Waals surface area contributed by atoms with Crippen molar-refractivity contribution in [2.45, 2.75) is 26.9 Å². The lowest BCUT2D eigenvalue weighted by atomic mass is 10.1. The fraction of sp³-hybridized carbons (Fsp3) is 0.0556. The van der Waals surface area contributed by atoms with Crippen LogP contribution >= 0.6 is 0 Å². The van der Waals surface area contributed by atoms with Gasteiger partial charge in [-0.15, -0.1) is 6.42 Å². The first-order valence-electron chi connectivity index (χ1n) is 36.6. The van der Waals surface area contributed by atoms with Gasteiger partial charge >= 0.3 is 6.18 Å². The van der Waals surface area contributed by atoms with Crippen LogP contribution in [0.3, 0.4) is 0 Å². The quantitative estimate of drug-likeness (QED) is 0.0329. The first-order valence-corrected chi connectivity index (χ1v) is 36.6. The molecule has 15 rings (SSSR count). The molecule has 8 aromatic heterocycles. The van der Waals surface area contributed by atoms with Crippen LogP contribution in [0.4, 0.5) is 50.4 Å². The van der Waals surface area contributed by atoms with Crippen molar-refractivity contribution in [1.82, 2.24) is 64.8 Å². The predicted molar refractivity (Wildman–Crippen MR) is 446 cm³/mol. The molecule has 0 spiro atoms. The Morgan fingerprint density at radius 1 is 0.360 bits per heavy atom. The summed E-state index contributed by atoms with van der Waals surface area (Å²) in [5.74, 6) is 2.86. The number of nitriles is 1. The van der Waals surface area contributed by atoms with E-state index in [0.29, 0.717) is 68.3 Å². The second-order valence-corrected chi connectivity index (χ2v) is 25.6. The van der Waals surface area contributed by atoms with E-state index in [1.165, 1.54) is 161 Å². The SMILES string of the molecule is C#Cc1cccc(C(=O)Nc2cc(Oc3cncnc3)cc(C(F)(F)F)c2)c1.COc1ccnc(C(=O)Nc2cc(C#N)cc(Oc3cncnc3)c2)c1.Cc1cccc(C(=O)Nc2cc(F)cc(Oc3cncnc3)c2)n1.Cc1cccc(C(=O)Nc2cc(F)cc(Oc3cncnc3)c2)n1.Cc1cccc(C(=O)Nc2cccc(Oc3cncnc3)c2)c1. The van der Waals surface area contributed by atoms with Gasteiger partial charge in [-0.1, -0.05) is 47.9 Å². The number of terminal acetylenes is 1. The number of benzene rings is 7. The maximum Gasteiger partial charge on any atom is 0.416 e. The van der Waals surface area contributed by atoms with Gasteiger partial charge in [0.05, 0.1) is 86.3 Å². The van der Waals surface area contributed by atoms with Gasteiger partial charge in [-0.25, -0.2) is 68.6 Å². The van der Waals surface area contributed by atoms with Crippen LogP contribution in [0.2, 0.25) is 0 Å². The van der Waals surface area contributed by atoms with Gasteiger partial charge in [-0.05, 0) is 130 Å². The topological polar surface area (TPSA) is 392 Å². The van der Waals surface area contributed by atoms with Crippen molar-refractivity contribution in [2.75, 3.05) is 33.7 Å². The Balaban J connectivity index is 0.000000152. The molecule has 0 aliphatic heterocycles. The fourth-order valence-corrected chi connectivity index (χ4v) is 10.6. The zero-order valence-corrected chi connectivity index (χ0v) is 65.9. The van der Waals surface area contributed by atoms with Gasteiger partial charge < -0.3 is 55.0 Å². The molecule has 30 nitrogen and oxygen atoms in total. The summed E-state index contributed by atoms with van der Waals surface area (Å²) in [5, 5.41) is 22.4. The molecule has 35 heteroatoms. The molecule has 0 saturated heterocycles. The molecule has 0 aliphatic carbocycles. The van der Waals surface area contributed by atoms with Crippen molar-refractivity contribution in [1.29, 1.82) is 5.26 Å². The number of halogens is 5. The number of hydrogen-bond acceptors (Lipinski definition) is 25. The molecule has 7 aromatic carbocycles. The number of amides is 5. The molecule has 5 amide bonds. The molecule has 0 atom stereocenters. The van der Waals surface area contributed by atoms with Crippen molar-refractivity contribution in [3.05, 3.63) is 367 Å². The monoisotopic (exact) mass is 1680 g/mol. The number of carbonyl (C=O) groups excluding carboxylic acids is 5. The number of aryl methyl sites for hydroxylation is 3. The van der Waals surface area contributed by atoms with E-state index in [1.54, 1.807) is 111 Å². The van der Waals surface area contributed by atoms with Crippen LogP contribution in [0.15, 0.2) is 294 Å². The molecule has 0 radical (unpaired) electrons.